The summed E-state index contributed by atoms with van der Waals surface area (Å²) < 4.78 is 2.44. The van der Waals surface area contributed by atoms with Crippen LogP contribution in [0, 0.1) is 0 Å². The number of hydrogen-bond donors (Lipinski definition) is 0. The van der Waals surface area contributed by atoms with Crippen LogP contribution in [0.15, 0.2) is 71.7 Å². The standard InChI is InChI=1S/C17H11N3OS/c21-17-19-15-14(11-20(17)13-9-5-2-6-10-13)22-16(18-15)12-7-3-1-4-8-12/h1-11H. The van der Waals surface area contributed by atoms with Crippen molar-refractivity contribution in [2.24, 2.45) is 0 Å². The van der Waals surface area contributed by atoms with E-state index in [0.29, 0.717) is 5.65 Å². The highest BCUT2D eigenvalue weighted by Gasteiger charge is 2.10. The highest BCUT2D eigenvalue weighted by atomic mass is 32.1. The highest BCUT2D eigenvalue weighted by molar-refractivity contribution is 7.21. The van der Waals surface area contributed by atoms with Gasteiger partial charge in [0.25, 0.3) is 0 Å². The van der Waals surface area contributed by atoms with Crippen LogP contribution in [0.25, 0.3) is 26.6 Å². The maximum absolute atomic E-state index is 12.2. The molecular formula is C17H11N3OS. The van der Waals surface area contributed by atoms with Crippen molar-refractivity contribution >= 4 is 21.7 Å². The van der Waals surface area contributed by atoms with Crippen LogP contribution in [0.2, 0.25) is 0 Å². The van der Waals surface area contributed by atoms with Crippen molar-refractivity contribution in [1.29, 1.82) is 0 Å². The van der Waals surface area contributed by atoms with Crippen molar-refractivity contribution in [3.63, 3.8) is 0 Å². The van der Waals surface area contributed by atoms with E-state index in [4.69, 9.17) is 0 Å². The lowest BCUT2D eigenvalue weighted by atomic mass is 10.2. The van der Waals surface area contributed by atoms with Crippen molar-refractivity contribution in [3.05, 3.63) is 77.3 Å². The van der Waals surface area contributed by atoms with Crippen LogP contribution >= 0.6 is 11.3 Å². The van der Waals surface area contributed by atoms with Crippen LogP contribution < -0.4 is 5.69 Å². The number of nitrogens with zero attached hydrogens (tertiary/aromatic N) is 3. The van der Waals surface area contributed by atoms with E-state index in [9.17, 15) is 4.79 Å². The van der Waals surface area contributed by atoms with Gasteiger partial charge in [-0.15, -0.1) is 11.3 Å². The minimum absolute atomic E-state index is 0.316. The fourth-order valence-corrected chi connectivity index (χ4v) is 3.22. The van der Waals surface area contributed by atoms with Gasteiger partial charge >= 0.3 is 5.69 Å². The average molecular weight is 305 g/mol. The minimum Gasteiger partial charge on any atom is -0.266 e. The molecule has 2 aromatic heterocycles. The first-order valence-electron chi connectivity index (χ1n) is 6.82. The van der Waals surface area contributed by atoms with Gasteiger partial charge in [0, 0.05) is 11.8 Å². The van der Waals surface area contributed by atoms with Gasteiger partial charge in [-0.3, -0.25) is 4.57 Å². The number of benzene rings is 2. The van der Waals surface area contributed by atoms with Gasteiger partial charge in [0.1, 0.15) is 5.01 Å². The Hall–Kier alpha value is -2.79. The molecular weight excluding hydrogens is 294 g/mol. The molecule has 106 valence electrons. The van der Waals surface area contributed by atoms with Crippen molar-refractivity contribution in [2.75, 3.05) is 0 Å². The molecule has 0 unspecified atom stereocenters. The third kappa shape index (κ3) is 2.21. The Kier molecular flexibility index (Phi) is 3.05. The molecule has 4 nitrogen and oxygen atoms in total. The second-order valence-electron chi connectivity index (χ2n) is 4.80. The molecule has 0 N–H and O–H groups in total. The molecule has 2 heterocycles. The molecule has 2 aromatic carbocycles. The van der Waals surface area contributed by atoms with Gasteiger partial charge in [-0.25, -0.2) is 9.78 Å². The first kappa shape index (κ1) is 12.9. The van der Waals surface area contributed by atoms with Crippen LogP contribution in [0.3, 0.4) is 0 Å². The van der Waals surface area contributed by atoms with E-state index < -0.39 is 0 Å². The number of fused-ring (bicyclic) bond motifs is 1. The fraction of sp³-hybridized carbons (Fsp3) is 0. The molecule has 0 bridgehead atoms. The number of thiazole rings is 1. The maximum atomic E-state index is 12.2. The van der Waals surface area contributed by atoms with E-state index in [2.05, 4.69) is 9.97 Å². The Morgan fingerprint density at radius 2 is 1.55 bits per heavy atom. The Labute approximate surface area is 130 Å². The predicted molar refractivity (Wildman–Crippen MR) is 88.4 cm³/mol. The fourth-order valence-electron chi connectivity index (χ4n) is 2.28. The summed E-state index contributed by atoms with van der Waals surface area (Å²) in [5.41, 5.74) is 2.02. The van der Waals surface area contributed by atoms with Gasteiger partial charge in [-0.05, 0) is 12.1 Å². The van der Waals surface area contributed by atoms with Crippen molar-refractivity contribution in [1.82, 2.24) is 14.5 Å². The molecule has 0 saturated heterocycles. The van der Waals surface area contributed by atoms with Gasteiger partial charge in [0.05, 0.1) is 10.4 Å². The summed E-state index contributed by atoms with van der Waals surface area (Å²) >= 11 is 1.53. The van der Waals surface area contributed by atoms with Crippen LogP contribution in [0.1, 0.15) is 0 Å². The lowest BCUT2D eigenvalue weighted by molar-refractivity contribution is 0.936. The first-order chi connectivity index (χ1) is 10.8. The van der Waals surface area contributed by atoms with E-state index >= 15 is 0 Å². The van der Waals surface area contributed by atoms with E-state index in [-0.39, 0.29) is 5.69 Å². The van der Waals surface area contributed by atoms with Crippen LogP contribution in [0.5, 0.6) is 0 Å². The van der Waals surface area contributed by atoms with E-state index in [1.165, 1.54) is 11.3 Å². The van der Waals surface area contributed by atoms with Crippen molar-refractivity contribution in [2.45, 2.75) is 0 Å². The molecule has 0 radical (unpaired) electrons. The van der Waals surface area contributed by atoms with E-state index in [1.807, 2.05) is 66.9 Å². The second kappa shape index (κ2) is 5.20. The molecule has 0 aliphatic rings. The van der Waals surface area contributed by atoms with Crippen LogP contribution in [0.4, 0.5) is 0 Å². The van der Waals surface area contributed by atoms with E-state index in [1.54, 1.807) is 4.57 Å². The molecule has 0 fully saturated rings. The molecule has 0 aliphatic heterocycles. The summed E-state index contributed by atoms with van der Waals surface area (Å²) in [6.07, 6.45) is 1.81. The molecule has 0 amide bonds. The van der Waals surface area contributed by atoms with E-state index in [0.717, 1.165) is 21.0 Å². The zero-order chi connectivity index (χ0) is 14.9. The summed E-state index contributed by atoms with van der Waals surface area (Å²) in [6, 6.07) is 19.4. The lowest BCUT2D eigenvalue weighted by Crippen LogP contribution is -2.20. The average Bonchev–Trinajstić information content (AvgIpc) is 2.98. The van der Waals surface area contributed by atoms with Gasteiger partial charge in [-0.1, -0.05) is 48.5 Å². The largest absolute Gasteiger partial charge is 0.354 e. The minimum atomic E-state index is -0.316. The number of aromatic nitrogens is 3. The number of hydrogen-bond acceptors (Lipinski definition) is 4. The van der Waals surface area contributed by atoms with Gasteiger partial charge in [0.15, 0.2) is 5.65 Å². The zero-order valence-corrected chi connectivity index (χ0v) is 12.3. The molecule has 5 heteroatoms. The molecule has 4 aromatic rings. The maximum Gasteiger partial charge on any atom is 0.354 e. The third-order valence-electron chi connectivity index (χ3n) is 3.34. The highest BCUT2D eigenvalue weighted by Crippen LogP contribution is 2.28. The topological polar surface area (TPSA) is 47.8 Å². The Morgan fingerprint density at radius 1 is 0.864 bits per heavy atom. The summed E-state index contributed by atoms with van der Waals surface area (Å²) in [7, 11) is 0. The Balaban J connectivity index is 1.90. The molecule has 4 rings (SSSR count). The molecule has 0 atom stereocenters. The molecule has 22 heavy (non-hydrogen) atoms. The summed E-state index contributed by atoms with van der Waals surface area (Å²) in [5.74, 6) is 0. The van der Waals surface area contributed by atoms with Gasteiger partial charge in [-0.2, -0.15) is 4.98 Å². The summed E-state index contributed by atoms with van der Waals surface area (Å²) in [4.78, 5) is 20.8. The number of rotatable bonds is 2. The summed E-state index contributed by atoms with van der Waals surface area (Å²) in [6.45, 7) is 0. The SMILES string of the molecule is O=c1nc2nc(-c3ccccc3)sc2cn1-c1ccccc1. The number of para-hydroxylation sites is 1. The van der Waals surface area contributed by atoms with Gasteiger partial charge in [0.2, 0.25) is 0 Å². The first-order valence-corrected chi connectivity index (χ1v) is 7.64. The quantitative estimate of drug-likeness (QED) is 0.569. The smallest absolute Gasteiger partial charge is 0.266 e. The predicted octanol–water partition coefficient (Wildman–Crippen LogP) is 3.51. The third-order valence-corrected chi connectivity index (χ3v) is 4.37. The monoisotopic (exact) mass is 305 g/mol. The van der Waals surface area contributed by atoms with Gasteiger partial charge < -0.3 is 0 Å². The lowest BCUT2D eigenvalue weighted by Gasteiger charge is -2.03. The molecule has 0 aliphatic carbocycles. The molecule has 0 spiro atoms. The van der Waals surface area contributed by atoms with Crippen LogP contribution in [-0.4, -0.2) is 14.5 Å². The Morgan fingerprint density at radius 3 is 2.27 bits per heavy atom. The summed E-state index contributed by atoms with van der Waals surface area (Å²) in [5, 5.41) is 0.869. The van der Waals surface area contributed by atoms with Crippen LogP contribution in [-0.2, 0) is 0 Å². The normalized spacial score (nSPS) is 10.9. The molecule has 0 saturated carbocycles. The van der Waals surface area contributed by atoms with Crippen molar-refractivity contribution in [3.8, 4) is 16.3 Å². The zero-order valence-electron chi connectivity index (χ0n) is 11.5. The van der Waals surface area contributed by atoms with Crippen molar-refractivity contribution < 1.29 is 0 Å². The second-order valence-corrected chi connectivity index (χ2v) is 5.83. The Bertz CT molecular complexity index is 991.